The summed E-state index contributed by atoms with van der Waals surface area (Å²) in [6, 6.07) is 9.78. The van der Waals surface area contributed by atoms with E-state index in [2.05, 4.69) is 15.0 Å². The summed E-state index contributed by atoms with van der Waals surface area (Å²) in [5.74, 6) is -0.650. The minimum absolute atomic E-state index is 0.204. The highest BCUT2D eigenvalue weighted by Gasteiger charge is 2.23. The quantitative estimate of drug-likeness (QED) is 0.856. The Bertz CT molecular complexity index is 686. The largest absolute Gasteiger partial charge is 0.465 e. The van der Waals surface area contributed by atoms with Crippen LogP contribution >= 0.6 is 0 Å². The van der Waals surface area contributed by atoms with Gasteiger partial charge in [-0.1, -0.05) is 12.1 Å². The molecule has 2 rings (SSSR count). The Morgan fingerprint density at radius 2 is 2.00 bits per heavy atom. The maximum absolute atomic E-state index is 12.6. The van der Waals surface area contributed by atoms with Gasteiger partial charge in [-0.2, -0.15) is 0 Å². The monoisotopic (exact) mass is 313 g/mol. The Hall–Kier alpha value is -2.73. The van der Waals surface area contributed by atoms with Crippen LogP contribution in [0.25, 0.3) is 0 Å². The fraction of sp³-hybridized carbons (Fsp3) is 0.235. The van der Waals surface area contributed by atoms with Crippen molar-refractivity contribution in [3.05, 3.63) is 59.9 Å². The van der Waals surface area contributed by atoms with E-state index >= 15 is 0 Å². The lowest BCUT2D eigenvalue weighted by atomic mass is 10.1. The van der Waals surface area contributed by atoms with E-state index in [4.69, 9.17) is 0 Å². The van der Waals surface area contributed by atoms with Crippen molar-refractivity contribution in [2.45, 2.75) is 6.04 Å². The van der Waals surface area contributed by atoms with Gasteiger partial charge in [-0.15, -0.1) is 0 Å². The number of carbonyl (C=O) groups is 2. The van der Waals surface area contributed by atoms with Crippen LogP contribution in [0.15, 0.2) is 48.8 Å². The average Bonchev–Trinajstić information content (AvgIpc) is 2.55. The van der Waals surface area contributed by atoms with Crippen LogP contribution in [0.5, 0.6) is 0 Å². The molecule has 0 radical (unpaired) electrons. The number of hydrogen-bond acceptors (Lipinski definition) is 5. The average molecular weight is 313 g/mol. The fourth-order valence-corrected chi connectivity index (χ4v) is 2.27. The van der Waals surface area contributed by atoms with Crippen molar-refractivity contribution in [3.8, 4) is 0 Å². The summed E-state index contributed by atoms with van der Waals surface area (Å²) >= 11 is 0. The predicted molar refractivity (Wildman–Crippen MR) is 87.1 cm³/mol. The van der Waals surface area contributed by atoms with Crippen molar-refractivity contribution in [3.63, 3.8) is 0 Å². The maximum Gasteiger partial charge on any atom is 0.337 e. The molecule has 0 spiro atoms. The van der Waals surface area contributed by atoms with Crippen LogP contribution < -0.4 is 5.32 Å². The number of aromatic nitrogens is 1. The molecule has 2 aromatic rings. The zero-order valence-electron chi connectivity index (χ0n) is 13.3. The number of esters is 1. The normalized spacial score (nSPS) is 11.8. The SMILES string of the molecule is COC(=O)c1cccc(NC(=O)C(c2cccnc2)N(C)C)c1. The van der Waals surface area contributed by atoms with Crippen molar-refractivity contribution in [2.75, 3.05) is 26.5 Å². The summed E-state index contributed by atoms with van der Waals surface area (Å²) in [7, 11) is 4.96. The smallest absolute Gasteiger partial charge is 0.337 e. The van der Waals surface area contributed by atoms with E-state index in [9.17, 15) is 9.59 Å². The van der Waals surface area contributed by atoms with Crippen LogP contribution in [0.4, 0.5) is 5.69 Å². The molecule has 0 fully saturated rings. The third kappa shape index (κ3) is 4.14. The van der Waals surface area contributed by atoms with Gasteiger partial charge in [0.15, 0.2) is 0 Å². The van der Waals surface area contributed by atoms with Crippen molar-refractivity contribution < 1.29 is 14.3 Å². The summed E-state index contributed by atoms with van der Waals surface area (Å²) in [6.45, 7) is 0. The van der Waals surface area contributed by atoms with E-state index in [1.807, 2.05) is 20.2 Å². The molecule has 1 aromatic carbocycles. The van der Waals surface area contributed by atoms with Crippen molar-refractivity contribution in [1.29, 1.82) is 0 Å². The van der Waals surface area contributed by atoms with Gasteiger partial charge in [0.1, 0.15) is 6.04 Å². The van der Waals surface area contributed by atoms with E-state index < -0.39 is 12.0 Å². The summed E-state index contributed by atoms with van der Waals surface area (Å²) in [6.07, 6.45) is 3.32. The van der Waals surface area contributed by atoms with E-state index in [0.29, 0.717) is 11.3 Å². The number of hydrogen-bond donors (Lipinski definition) is 1. The van der Waals surface area contributed by atoms with Gasteiger partial charge in [0, 0.05) is 18.1 Å². The number of anilines is 1. The molecule has 0 aliphatic rings. The first-order chi connectivity index (χ1) is 11.0. The first-order valence-electron chi connectivity index (χ1n) is 7.08. The Balaban J connectivity index is 2.21. The molecular weight excluding hydrogens is 294 g/mol. The topological polar surface area (TPSA) is 71.5 Å². The van der Waals surface area contributed by atoms with Crippen LogP contribution in [0.3, 0.4) is 0 Å². The summed E-state index contributed by atoms with van der Waals surface area (Å²) in [4.78, 5) is 30.0. The number of methoxy groups -OCH3 is 1. The molecule has 1 amide bonds. The molecule has 1 aromatic heterocycles. The van der Waals surface area contributed by atoms with Crippen LogP contribution in [0.2, 0.25) is 0 Å². The molecule has 1 heterocycles. The highest BCUT2D eigenvalue weighted by molar-refractivity contribution is 5.97. The fourth-order valence-electron chi connectivity index (χ4n) is 2.27. The van der Waals surface area contributed by atoms with E-state index in [1.165, 1.54) is 7.11 Å². The lowest BCUT2D eigenvalue weighted by molar-refractivity contribution is -0.120. The number of benzene rings is 1. The Morgan fingerprint density at radius 1 is 1.22 bits per heavy atom. The molecule has 6 nitrogen and oxygen atoms in total. The van der Waals surface area contributed by atoms with Gasteiger partial charge in [-0.25, -0.2) is 4.79 Å². The number of rotatable bonds is 5. The van der Waals surface area contributed by atoms with Crippen molar-refractivity contribution in [2.24, 2.45) is 0 Å². The number of pyridine rings is 1. The lowest BCUT2D eigenvalue weighted by Crippen LogP contribution is -2.32. The minimum Gasteiger partial charge on any atom is -0.465 e. The minimum atomic E-state index is -0.481. The number of nitrogens with zero attached hydrogens (tertiary/aromatic N) is 2. The number of ether oxygens (including phenoxy) is 1. The third-order valence-electron chi connectivity index (χ3n) is 3.32. The molecule has 0 saturated heterocycles. The maximum atomic E-state index is 12.6. The summed E-state index contributed by atoms with van der Waals surface area (Å²) < 4.78 is 4.68. The first-order valence-corrected chi connectivity index (χ1v) is 7.08. The Morgan fingerprint density at radius 3 is 2.61 bits per heavy atom. The van der Waals surface area contributed by atoms with Gasteiger partial charge in [-0.05, 0) is 43.9 Å². The van der Waals surface area contributed by atoms with Gasteiger partial charge in [0.2, 0.25) is 5.91 Å². The van der Waals surface area contributed by atoms with Gasteiger partial charge in [-0.3, -0.25) is 14.7 Å². The van der Waals surface area contributed by atoms with Crippen LogP contribution in [-0.4, -0.2) is 43.0 Å². The van der Waals surface area contributed by atoms with Gasteiger partial charge >= 0.3 is 5.97 Å². The van der Waals surface area contributed by atoms with Crippen molar-refractivity contribution in [1.82, 2.24) is 9.88 Å². The van der Waals surface area contributed by atoms with Crippen molar-refractivity contribution >= 4 is 17.6 Å². The van der Waals surface area contributed by atoms with E-state index in [1.54, 1.807) is 47.6 Å². The molecular formula is C17H19N3O3. The number of amides is 1. The van der Waals surface area contributed by atoms with E-state index in [-0.39, 0.29) is 5.91 Å². The molecule has 120 valence electrons. The molecule has 23 heavy (non-hydrogen) atoms. The van der Waals surface area contributed by atoms with Gasteiger partial charge < -0.3 is 10.1 Å². The molecule has 0 aliphatic carbocycles. The third-order valence-corrected chi connectivity index (χ3v) is 3.32. The summed E-state index contributed by atoms with van der Waals surface area (Å²) in [5.41, 5.74) is 1.71. The standard InChI is InChI=1S/C17H19N3O3/c1-20(2)15(13-7-5-9-18-11-13)16(21)19-14-8-4-6-12(10-14)17(22)23-3/h4-11,15H,1-3H3,(H,19,21). The first kappa shape index (κ1) is 16.6. The summed E-state index contributed by atoms with van der Waals surface area (Å²) in [5, 5.41) is 2.83. The number of carbonyl (C=O) groups excluding carboxylic acids is 2. The highest BCUT2D eigenvalue weighted by Crippen LogP contribution is 2.20. The Kier molecular flexibility index (Phi) is 5.43. The van der Waals surface area contributed by atoms with Crippen LogP contribution in [-0.2, 0) is 9.53 Å². The molecule has 1 N–H and O–H groups in total. The predicted octanol–water partition coefficient (Wildman–Crippen LogP) is 2.11. The molecule has 6 heteroatoms. The van der Waals surface area contributed by atoms with Gasteiger partial charge in [0.05, 0.1) is 12.7 Å². The highest BCUT2D eigenvalue weighted by atomic mass is 16.5. The molecule has 0 aliphatic heterocycles. The second kappa shape index (κ2) is 7.51. The van der Waals surface area contributed by atoms with Gasteiger partial charge in [0.25, 0.3) is 0 Å². The molecule has 1 unspecified atom stereocenters. The number of nitrogens with one attached hydrogen (secondary N) is 1. The second-order valence-electron chi connectivity index (χ2n) is 5.21. The zero-order chi connectivity index (χ0) is 16.8. The van der Waals surface area contributed by atoms with Crippen LogP contribution in [0, 0.1) is 0 Å². The Labute approximate surface area is 135 Å². The van der Waals surface area contributed by atoms with Crippen LogP contribution in [0.1, 0.15) is 22.0 Å². The molecule has 1 atom stereocenters. The lowest BCUT2D eigenvalue weighted by Gasteiger charge is -2.23. The molecule has 0 saturated carbocycles. The van der Waals surface area contributed by atoms with E-state index in [0.717, 1.165) is 5.56 Å². The number of likely N-dealkylation sites (N-methyl/N-ethyl adjacent to an activating group) is 1. The zero-order valence-corrected chi connectivity index (χ0v) is 13.3. The molecule has 0 bridgehead atoms. The second-order valence-corrected chi connectivity index (χ2v) is 5.21.